The highest BCUT2D eigenvalue weighted by molar-refractivity contribution is 7.10. The number of halogens is 2. The van der Waals surface area contributed by atoms with Crippen molar-refractivity contribution in [3.05, 3.63) is 68.7 Å². The molecule has 3 aromatic rings. The number of nitriles is 1. The van der Waals surface area contributed by atoms with E-state index >= 15 is 0 Å². The van der Waals surface area contributed by atoms with Crippen LogP contribution < -0.4 is 0 Å². The van der Waals surface area contributed by atoms with Gasteiger partial charge >= 0.3 is 0 Å². The van der Waals surface area contributed by atoms with Crippen molar-refractivity contribution in [2.45, 2.75) is 19.8 Å². The molecule has 0 spiro atoms. The van der Waals surface area contributed by atoms with Crippen molar-refractivity contribution >= 4 is 34.8 Å². The van der Waals surface area contributed by atoms with E-state index in [0.29, 0.717) is 27.1 Å². The zero-order valence-corrected chi connectivity index (χ0v) is 16.1. The highest BCUT2D eigenvalue weighted by Crippen LogP contribution is 2.26. The fourth-order valence-corrected chi connectivity index (χ4v) is 3.64. The predicted molar refractivity (Wildman–Crippen MR) is 103 cm³/mol. The van der Waals surface area contributed by atoms with Gasteiger partial charge in [0.15, 0.2) is 11.7 Å². The van der Waals surface area contributed by atoms with Gasteiger partial charge in [-0.15, -0.1) is 11.3 Å². The number of nitrogens with zero attached hydrogens (tertiary/aromatic N) is 4. The van der Waals surface area contributed by atoms with Gasteiger partial charge in [0, 0.05) is 16.6 Å². The summed E-state index contributed by atoms with van der Waals surface area (Å²) in [5.41, 5.74) is 2.53. The van der Waals surface area contributed by atoms with Crippen LogP contribution in [-0.2, 0) is 4.79 Å². The van der Waals surface area contributed by atoms with Crippen molar-refractivity contribution in [2.75, 3.05) is 0 Å². The molecule has 136 valence electrons. The first-order valence-corrected chi connectivity index (χ1v) is 9.21. The van der Waals surface area contributed by atoms with Gasteiger partial charge in [-0.05, 0) is 50.3 Å². The molecule has 0 bridgehead atoms. The zero-order valence-electron chi connectivity index (χ0n) is 14.5. The summed E-state index contributed by atoms with van der Waals surface area (Å²) in [6.07, 6.45) is 2.85. The minimum atomic E-state index is -0.953. The van der Waals surface area contributed by atoms with Crippen LogP contribution in [0.5, 0.6) is 0 Å². The van der Waals surface area contributed by atoms with Crippen molar-refractivity contribution in [2.24, 2.45) is 0 Å². The van der Waals surface area contributed by atoms with Crippen molar-refractivity contribution in [3.63, 3.8) is 0 Å². The van der Waals surface area contributed by atoms with Crippen LogP contribution in [0, 0.1) is 31.0 Å². The zero-order chi connectivity index (χ0) is 19.6. The molecular weight excluding hydrogens is 387 g/mol. The largest absolute Gasteiger partial charge is 0.293 e. The van der Waals surface area contributed by atoms with Crippen molar-refractivity contribution in [1.29, 1.82) is 5.26 Å². The minimum Gasteiger partial charge on any atom is -0.293 e. The smallest absolute Gasteiger partial charge is 0.179 e. The van der Waals surface area contributed by atoms with Crippen molar-refractivity contribution in [1.82, 2.24) is 14.8 Å². The van der Waals surface area contributed by atoms with Crippen LogP contribution in [0.25, 0.3) is 11.8 Å². The maximum atomic E-state index is 13.1. The number of benzene rings is 1. The maximum absolute atomic E-state index is 13.1. The lowest BCUT2D eigenvalue weighted by Crippen LogP contribution is -2.07. The third-order valence-corrected chi connectivity index (χ3v) is 5.22. The quantitative estimate of drug-likeness (QED) is 0.585. The molecule has 1 atom stereocenters. The third-order valence-electron chi connectivity index (χ3n) is 3.83. The molecule has 2 aromatic heterocycles. The van der Waals surface area contributed by atoms with Gasteiger partial charge < -0.3 is 0 Å². The molecule has 0 amide bonds. The second-order valence-electron chi connectivity index (χ2n) is 5.80. The Hall–Kier alpha value is -2.82. The molecule has 2 heterocycles. The van der Waals surface area contributed by atoms with E-state index in [9.17, 15) is 14.4 Å². The van der Waals surface area contributed by atoms with Crippen molar-refractivity contribution < 1.29 is 9.18 Å². The Kier molecular flexibility index (Phi) is 5.49. The number of hydrogen-bond donors (Lipinski definition) is 0. The summed E-state index contributed by atoms with van der Waals surface area (Å²) in [4.78, 5) is 16.7. The van der Waals surface area contributed by atoms with Gasteiger partial charge in [-0.3, -0.25) is 4.79 Å². The summed E-state index contributed by atoms with van der Waals surface area (Å²) >= 11 is 7.67. The van der Waals surface area contributed by atoms with Crippen LogP contribution in [0.2, 0.25) is 5.15 Å². The van der Waals surface area contributed by atoms with E-state index in [0.717, 1.165) is 5.69 Å². The van der Waals surface area contributed by atoms with E-state index in [1.807, 2.05) is 13.0 Å². The average molecular weight is 401 g/mol. The van der Waals surface area contributed by atoms with Crippen LogP contribution in [0.15, 0.2) is 35.7 Å². The summed E-state index contributed by atoms with van der Waals surface area (Å²) in [7, 11) is 0. The SMILES string of the molecule is Cc1csc(C(C#N)C(=O)/C=C/c2c(C)nn(-c3ccc(F)cc3)c2Cl)n1. The third kappa shape index (κ3) is 3.97. The summed E-state index contributed by atoms with van der Waals surface area (Å²) in [5, 5.41) is 16.2. The highest BCUT2D eigenvalue weighted by Gasteiger charge is 2.21. The molecule has 0 aliphatic carbocycles. The Morgan fingerprint density at radius 3 is 2.67 bits per heavy atom. The fourth-order valence-electron chi connectivity index (χ4n) is 2.46. The maximum Gasteiger partial charge on any atom is 0.179 e. The monoisotopic (exact) mass is 400 g/mol. The molecule has 1 unspecified atom stereocenters. The standard InChI is InChI=1S/C19H14ClFN4OS/c1-11-10-27-19(23-11)16(9-22)17(26)8-7-15-12(2)24-25(18(15)20)14-5-3-13(21)4-6-14/h3-8,10,16H,1-2H3/b8-7+. The highest BCUT2D eigenvalue weighted by atomic mass is 35.5. The Bertz CT molecular complexity index is 1060. The molecule has 5 nitrogen and oxygen atoms in total. The second kappa shape index (κ2) is 7.82. The van der Waals surface area contributed by atoms with Gasteiger partial charge in [-0.2, -0.15) is 10.4 Å². The molecule has 0 saturated carbocycles. The number of thiazole rings is 1. The van der Waals surface area contributed by atoms with E-state index in [-0.39, 0.29) is 11.6 Å². The molecule has 0 aliphatic rings. The Labute approximate surface area is 164 Å². The van der Waals surface area contributed by atoms with Gasteiger partial charge in [0.05, 0.1) is 17.5 Å². The first-order chi connectivity index (χ1) is 12.9. The number of ketones is 1. The van der Waals surface area contributed by atoms with E-state index in [2.05, 4.69) is 10.1 Å². The van der Waals surface area contributed by atoms with E-state index < -0.39 is 5.92 Å². The van der Waals surface area contributed by atoms with E-state index in [1.165, 1.54) is 40.3 Å². The summed E-state index contributed by atoms with van der Waals surface area (Å²) in [6, 6.07) is 7.74. The summed E-state index contributed by atoms with van der Waals surface area (Å²) < 4.78 is 14.6. The molecule has 0 aliphatic heterocycles. The number of aromatic nitrogens is 3. The molecule has 3 rings (SSSR count). The summed E-state index contributed by atoms with van der Waals surface area (Å²) in [5.74, 6) is -1.69. The summed E-state index contributed by atoms with van der Waals surface area (Å²) in [6.45, 7) is 3.56. The number of allylic oxidation sites excluding steroid dienone is 1. The van der Waals surface area contributed by atoms with Crippen LogP contribution in [-0.4, -0.2) is 20.5 Å². The van der Waals surface area contributed by atoms with Crippen LogP contribution >= 0.6 is 22.9 Å². The van der Waals surface area contributed by atoms with Crippen LogP contribution in [0.3, 0.4) is 0 Å². The lowest BCUT2D eigenvalue weighted by atomic mass is 10.1. The molecule has 1 aromatic carbocycles. The number of aryl methyl sites for hydroxylation is 2. The molecule has 0 fully saturated rings. The first-order valence-electron chi connectivity index (χ1n) is 7.95. The fraction of sp³-hybridized carbons (Fsp3) is 0.158. The Balaban J connectivity index is 1.88. The molecule has 0 saturated heterocycles. The number of carbonyl (C=O) groups is 1. The average Bonchev–Trinajstić information content (AvgIpc) is 3.18. The van der Waals surface area contributed by atoms with Gasteiger partial charge in [0.1, 0.15) is 16.0 Å². The predicted octanol–water partition coefficient (Wildman–Crippen LogP) is 4.63. The number of hydrogen-bond acceptors (Lipinski definition) is 5. The molecule has 27 heavy (non-hydrogen) atoms. The van der Waals surface area contributed by atoms with Gasteiger partial charge in [0.2, 0.25) is 0 Å². The molecular formula is C19H14ClFN4OS. The molecule has 8 heteroatoms. The van der Waals surface area contributed by atoms with Crippen molar-refractivity contribution in [3.8, 4) is 11.8 Å². The normalized spacial score (nSPS) is 12.3. The first kappa shape index (κ1) is 19.0. The van der Waals surface area contributed by atoms with E-state index in [4.69, 9.17) is 11.6 Å². The lowest BCUT2D eigenvalue weighted by molar-refractivity contribution is -0.114. The lowest BCUT2D eigenvalue weighted by Gasteiger charge is -2.03. The van der Waals surface area contributed by atoms with Crippen LogP contribution in [0.1, 0.15) is 27.9 Å². The van der Waals surface area contributed by atoms with Crippen LogP contribution in [0.4, 0.5) is 4.39 Å². The van der Waals surface area contributed by atoms with E-state index in [1.54, 1.807) is 24.4 Å². The number of rotatable bonds is 5. The molecule has 0 N–H and O–H groups in total. The second-order valence-corrected chi connectivity index (χ2v) is 7.05. The van der Waals surface area contributed by atoms with Gasteiger partial charge in [-0.1, -0.05) is 11.6 Å². The minimum absolute atomic E-state index is 0.293. The van der Waals surface area contributed by atoms with Gasteiger partial charge in [0.25, 0.3) is 0 Å². The molecule has 0 radical (unpaired) electrons. The Morgan fingerprint density at radius 1 is 1.37 bits per heavy atom. The topological polar surface area (TPSA) is 71.6 Å². The Morgan fingerprint density at radius 2 is 2.07 bits per heavy atom. The van der Waals surface area contributed by atoms with Gasteiger partial charge in [-0.25, -0.2) is 14.1 Å². The number of carbonyl (C=O) groups excluding carboxylic acids is 1.